The highest BCUT2D eigenvalue weighted by atomic mass is 35.5. The van der Waals surface area contributed by atoms with E-state index in [-0.39, 0.29) is 28.2 Å². The summed E-state index contributed by atoms with van der Waals surface area (Å²) in [4.78, 5) is 21.2. The molecule has 0 spiro atoms. The van der Waals surface area contributed by atoms with Gasteiger partial charge in [0.25, 0.3) is 5.91 Å². The Kier molecular flexibility index (Phi) is 6.07. The summed E-state index contributed by atoms with van der Waals surface area (Å²) >= 11 is 6.38. The summed E-state index contributed by atoms with van der Waals surface area (Å²) in [6, 6.07) is 4.92. The lowest BCUT2D eigenvalue weighted by molar-refractivity contribution is -0.140. The van der Waals surface area contributed by atoms with E-state index in [1.165, 1.54) is 29.2 Å². The molecule has 3 aromatic heterocycles. The Labute approximate surface area is 202 Å². The van der Waals surface area contributed by atoms with Crippen molar-refractivity contribution < 1.29 is 18.0 Å². The average molecular weight is 505 g/mol. The van der Waals surface area contributed by atoms with E-state index < -0.39 is 11.9 Å². The van der Waals surface area contributed by atoms with Gasteiger partial charge in [0.15, 0.2) is 17.2 Å². The highest BCUT2D eigenvalue weighted by Gasteiger charge is 2.37. The molecule has 4 heterocycles. The zero-order chi connectivity index (χ0) is 24.6. The second-order valence-corrected chi connectivity index (χ2v) is 8.50. The summed E-state index contributed by atoms with van der Waals surface area (Å²) in [5, 5.41) is 15.1. The SMILES string of the molecule is O=C(NC1CCCNC1)c1ccc(Nc2nccn3c(-c4c[nH]nc4C(F)(F)F)cnc23)cc1Cl. The van der Waals surface area contributed by atoms with Gasteiger partial charge in [-0.3, -0.25) is 14.3 Å². The highest BCUT2D eigenvalue weighted by Crippen LogP contribution is 2.36. The second-order valence-electron chi connectivity index (χ2n) is 8.09. The quantitative estimate of drug-likeness (QED) is 0.327. The minimum Gasteiger partial charge on any atom is -0.348 e. The molecule has 5 rings (SSSR count). The normalized spacial score (nSPS) is 16.4. The molecule has 13 heteroatoms. The molecular formula is C22H20ClF3N8O. The Bertz CT molecular complexity index is 1380. The number of aromatic nitrogens is 5. The van der Waals surface area contributed by atoms with Crippen molar-refractivity contribution in [3.8, 4) is 11.3 Å². The van der Waals surface area contributed by atoms with Crippen LogP contribution >= 0.6 is 11.6 Å². The fraction of sp³-hybridized carbons (Fsp3) is 0.273. The number of hydrogen-bond donors (Lipinski definition) is 4. The van der Waals surface area contributed by atoms with Gasteiger partial charge in [0, 0.05) is 36.9 Å². The molecule has 4 aromatic rings. The number of nitrogens with zero attached hydrogens (tertiary/aromatic N) is 4. The van der Waals surface area contributed by atoms with Gasteiger partial charge < -0.3 is 16.0 Å². The molecule has 1 unspecified atom stereocenters. The minimum atomic E-state index is -4.62. The topological polar surface area (TPSA) is 112 Å². The molecule has 1 aromatic carbocycles. The van der Waals surface area contributed by atoms with Crippen LogP contribution in [-0.4, -0.2) is 49.6 Å². The van der Waals surface area contributed by atoms with Crippen LogP contribution in [0.4, 0.5) is 24.7 Å². The van der Waals surface area contributed by atoms with Crippen LogP contribution < -0.4 is 16.0 Å². The van der Waals surface area contributed by atoms with E-state index in [9.17, 15) is 18.0 Å². The van der Waals surface area contributed by atoms with Crippen molar-refractivity contribution >= 4 is 34.7 Å². The van der Waals surface area contributed by atoms with Crippen LogP contribution in [0.15, 0.2) is 43.0 Å². The molecule has 0 bridgehead atoms. The molecule has 0 aliphatic carbocycles. The fourth-order valence-corrected chi connectivity index (χ4v) is 4.33. The van der Waals surface area contributed by atoms with E-state index in [4.69, 9.17) is 11.6 Å². The number of aromatic amines is 1. The number of fused-ring (bicyclic) bond motifs is 1. The maximum atomic E-state index is 13.3. The van der Waals surface area contributed by atoms with Crippen molar-refractivity contribution in [1.29, 1.82) is 0 Å². The number of benzene rings is 1. The van der Waals surface area contributed by atoms with Gasteiger partial charge in [-0.05, 0) is 37.6 Å². The Morgan fingerprint density at radius 3 is 2.86 bits per heavy atom. The molecule has 0 radical (unpaired) electrons. The maximum Gasteiger partial charge on any atom is 0.435 e. The van der Waals surface area contributed by atoms with Crippen LogP contribution in [0.5, 0.6) is 0 Å². The molecule has 35 heavy (non-hydrogen) atoms. The maximum absolute atomic E-state index is 13.3. The van der Waals surface area contributed by atoms with E-state index in [0.29, 0.717) is 29.3 Å². The fourth-order valence-electron chi connectivity index (χ4n) is 4.06. The standard InChI is InChI=1S/C22H20ClF3N8O/c23-16-8-12(3-4-14(16)21(35)32-13-2-1-5-27-9-13)31-19-20-29-11-17(34(20)7-6-28-19)15-10-30-33-18(15)22(24,25)26/h3-4,6-8,10-11,13,27H,1-2,5,9H2,(H,28,31)(H,30,33)(H,32,35). The summed E-state index contributed by atoms with van der Waals surface area (Å²) in [7, 11) is 0. The third-order valence-electron chi connectivity index (χ3n) is 5.72. The van der Waals surface area contributed by atoms with E-state index >= 15 is 0 Å². The number of piperidine rings is 1. The van der Waals surface area contributed by atoms with Crippen molar-refractivity contribution in [2.24, 2.45) is 0 Å². The summed E-state index contributed by atoms with van der Waals surface area (Å²) in [5.74, 6) is 0.0475. The van der Waals surface area contributed by atoms with Crippen molar-refractivity contribution in [2.75, 3.05) is 18.4 Å². The summed E-state index contributed by atoms with van der Waals surface area (Å²) in [6.45, 7) is 1.66. The van der Waals surface area contributed by atoms with Gasteiger partial charge in [0.2, 0.25) is 0 Å². The number of amides is 1. The first-order valence-electron chi connectivity index (χ1n) is 10.8. The van der Waals surface area contributed by atoms with Crippen LogP contribution in [0.1, 0.15) is 28.9 Å². The molecule has 1 fully saturated rings. The molecule has 1 aliphatic heterocycles. The third kappa shape index (κ3) is 4.66. The number of H-pyrrole nitrogens is 1. The summed E-state index contributed by atoms with van der Waals surface area (Å²) in [6.07, 6.45) is 2.72. The predicted molar refractivity (Wildman–Crippen MR) is 124 cm³/mol. The molecule has 9 nitrogen and oxygen atoms in total. The molecule has 1 aliphatic rings. The summed E-state index contributed by atoms with van der Waals surface area (Å²) in [5.41, 5.74) is 0.226. The molecular weight excluding hydrogens is 485 g/mol. The molecule has 1 atom stereocenters. The number of carbonyl (C=O) groups is 1. The van der Waals surface area contributed by atoms with Crippen molar-refractivity contribution in [3.05, 3.63) is 59.3 Å². The van der Waals surface area contributed by atoms with Gasteiger partial charge in [-0.2, -0.15) is 18.3 Å². The van der Waals surface area contributed by atoms with Crippen LogP contribution in [0.2, 0.25) is 5.02 Å². The lowest BCUT2D eigenvalue weighted by Gasteiger charge is -2.24. The second kappa shape index (κ2) is 9.19. The van der Waals surface area contributed by atoms with Crippen LogP contribution in [0.25, 0.3) is 16.9 Å². The van der Waals surface area contributed by atoms with Gasteiger partial charge >= 0.3 is 6.18 Å². The van der Waals surface area contributed by atoms with Crippen LogP contribution in [-0.2, 0) is 6.18 Å². The number of carbonyl (C=O) groups excluding carboxylic acids is 1. The first-order chi connectivity index (χ1) is 16.8. The van der Waals surface area contributed by atoms with E-state index in [1.54, 1.807) is 18.2 Å². The number of anilines is 2. The molecule has 4 N–H and O–H groups in total. The molecule has 0 saturated carbocycles. The Balaban J connectivity index is 1.39. The van der Waals surface area contributed by atoms with Gasteiger partial charge in [-0.15, -0.1) is 0 Å². The summed E-state index contributed by atoms with van der Waals surface area (Å²) < 4.78 is 41.4. The number of halogens is 4. The molecule has 1 saturated heterocycles. The zero-order valence-corrected chi connectivity index (χ0v) is 18.9. The van der Waals surface area contributed by atoms with Gasteiger partial charge in [0.1, 0.15) is 0 Å². The van der Waals surface area contributed by atoms with Crippen molar-refractivity contribution in [2.45, 2.75) is 25.1 Å². The van der Waals surface area contributed by atoms with E-state index in [1.807, 2.05) is 0 Å². The number of imidazole rings is 1. The number of alkyl halides is 3. The number of nitrogens with one attached hydrogen (secondary N) is 4. The Morgan fingerprint density at radius 2 is 2.11 bits per heavy atom. The van der Waals surface area contributed by atoms with Crippen LogP contribution in [0, 0.1) is 0 Å². The van der Waals surface area contributed by atoms with Crippen LogP contribution in [0.3, 0.4) is 0 Å². The number of hydrogen-bond acceptors (Lipinski definition) is 6. The van der Waals surface area contributed by atoms with E-state index in [0.717, 1.165) is 19.4 Å². The molecule has 1 amide bonds. The van der Waals surface area contributed by atoms with Gasteiger partial charge in [-0.25, -0.2) is 9.97 Å². The van der Waals surface area contributed by atoms with Gasteiger partial charge in [-0.1, -0.05) is 11.6 Å². The predicted octanol–water partition coefficient (Wildman–Crippen LogP) is 4.02. The lowest BCUT2D eigenvalue weighted by Crippen LogP contribution is -2.45. The smallest absolute Gasteiger partial charge is 0.348 e. The lowest BCUT2D eigenvalue weighted by atomic mass is 10.1. The largest absolute Gasteiger partial charge is 0.435 e. The van der Waals surface area contributed by atoms with Crippen molar-refractivity contribution in [1.82, 2.24) is 35.2 Å². The zero-order valence-electron chi connectivity index (χ0n) is 18.2. The Morgan fingerprint density at radius 1 is 1.26 bits per heavy atom. The minimum absolute atomic E-state index is 0.0506. The average Bonchev–Trinajstić information content (AvgIpc) is 3.47. The Hall–Kier alpha value is -3.64. The van der Waals surface area contributed by atoms with E-state index in [2.05, 4.69) is 36.1 Å². The third-order valence-corrected chi connectivity index (χ3v) is 6.03. The monoisotopic (exact) mass is 504 g/mol. The first-order valence-corrected chi connectivity index (χ1v) is 11.2. The first kappa shape index (κ1) is 23.1. The van der Waals surface area contributed by atoms with Gasteiger partial charge in [0.05, 0.1) is 28.0 Å². The number of rotatable bonds is 5. The van der Waals surface area contributed by atoms with Crippen molar-refractivity contribution in [3.63, 3.8) is 0 Å². The highest BCUT2D eigenvalue weighted by molar-refractivity contribution is 6.34. The molecule has 182 valence electrons.